The van der Waals surface area contributed by atoms with E-state index in [-0.39, 0.29) is 17.3 Å². The molecule has 1 saturated heterocycles. The quantitative estimate of drug-likeness (QED) is 0.740. The van der Waals surface area contributed by atoms with Crippen LogP contribution in [0.25, 0.3) is 17.0 Å². The van der Waals surface area contributed by atoms with Crippen molar-refractivity contribution >= 4 is 22.8 Å². The highest BCUT2D eigenvalue weighted by Gasteiger charge is 2.34. The zero-order valence-corrected chi connectivity index (χ0v) is 14.4. The molecule has 0 radical (unpaired) electrons. The van der Waals surface area contributed by atoms with E-state index in [0.717, 1.165) is 6.54 Å². The fraction of sp³-hybridized carbons (Fsp3) is 0.471. The van der Waals surface area contributed by atoms with Crippen molar-refractivity contribution in [2.24, 2.45) is 7.05 Å². The van der Waals surface area contributed by atoms with Gasteiger partial charge < -0.3 is 14.9 Å². The number of likely N-dealkylation sites (N-methyl/N-ethyl adjacent to an activating group) is 1. The molecule has 132 valence electrons. The molecule has 0 saturated carbocycles. The van der Waals surface area contributed by atoms with E-state index < -0.39 is 17.6 Å². The third-order valence-corrected chi connectivity index (χ3v) is 5.09. The molecule has 2 aromatic heterocycles. The number of hydrogen-bond donors (Lipinski definition) is 1. The van der Waals surface area contributed by atoms with Gasteiger partial charge in [-0.25, -0.2) is 14.2 Å². The molecule has 0 aromatic carbocycles. The number of piperazine rings is 1. The van der Waals surface area contributed by atoms with Crippen LogP contribution in [-0.4, -0.2) is 63.4 Å². The van der Waals surface area contributed by atoms with E-state index in [2.05, 4.69) is 14.9 Å². The summed E-state index contributed by atoms with van der Waals surface area (Å²) >= 11 is 0. The normalized spacial score (nSPS) is 23.5. The Labute approximate surface area is 144 Å². The average Bonchev–Trinajstić information content (AvgIpc) is 2.58. The number of nitrogens with zero attached hydrogens (tertiary/aromatic N) is 5. The fourth-order valence-electron chi connectivity index (χ4n) is 3.70. The summed E-state index contributed by atoms with van der Waals surface area (Å²) in [4.78, 5) is 24.9. The monoisotopic (exact) mass is 345 g/mol. The van der Waals surface area contributed by atoms with Gasteiger partial charge in [0.05, 0.1) is 34.4 Å². The topological polar surface area (TPSA) is 74.5 Å². The van der Waals surface area contributed by atoms with Crippen molar-refractivity contribution < 1.29 is 9.50 Å². The standard InChI is InChI=1S/C17H20FN5O2/c1-9-14(18)15-13-10(19-9)4-5-12(24)11-8-21(2)6-7-23(11)16(13)20-17(25)22(15)3/h4-5,11-12,24H,6-8H2,1-3H3. The van der Waals surface area contributed by atoms with Gasteiger partial charge in [-0.1, -0.05) is 6.08 Å². The molecule has 1 N–H and O–H groups in total. The Bertz CT molecular complexity index is 954. The van der Waals surface area contributed by atoms with Crippen LogP contribution in [0.2, 0.25) is 0 Å². The minimum Gasteiger partial charge on any atom is -0.387 e. The molecule has 0 amide bonds. The van der Waals surface area contributed by atoms with Gasteiger partial charge in [-0.3, -0.25) is 4.57 Å². The predicted molar refractivity (Wildman–Crippen MR) is 93.1 cm³/mol. The van der Waals surface area contributed by atoms with Crippen LogP contribution >= 0.6 is 0 Å². The molecule has 8 heteroatoms. The van der Waals surface area contributed by atoms with Crippen LogP contribution in [0.1, 0.15) is 11.4 Å². The highest BCUT2D eigenvalue weighted by molar-refractivity contribution is 5.96. The van der Waals surface area contributed by atoms with Crippen LogP contribution in [0.3, 0.4) is 0 Å². The van der Waals surface area contributed by atoms with Crippen molar-refractivity contribution in [2.45, 2.75) is 19.1 Å². The summed E-state index contributed by atoms with van der Waals surface area (Å²) in [5.41, 5.74) is 0.415. The van der Waals surface area contributed by atoms with Crippen LogP contribution in [0.5, 0.6) is 0 Å². The van der Waals surface area contributed by atoms with Crippen LogP contribution < -0.4 is 10.6 Å². The number of rotatable bonds is 0. The zero-order valence-electron chi connectivity index (χ0n) is 14.4. The largest absolute Gasteiger partial charge is 0.387 e. The first-order chi connectivity index (χ1) is 11.9. The molecule has 2 atom stereocenters. The minimum atomic E-state index is -0.732. The number of halogens is 1. The average molecular weight is 345 g/mol. The van der Waals surface area contributed by atoms with Gasteiger partial charge in [0.15, 0.2) is 5.82 Å². The van der Waals surface area contributed by atoms with Gasteiger partial charge in [-0.15, -0.1) is 0 Å². The highest BCUT2D eigenvalue weighted by atomic mass is 19.1. The summed E-state index contributed by atoms with van der Waals surface area (Å²) < 4.78 is 16.0. The smallest absolute Gasteiger partial charge is 0.349 e. The van der Waals surface area contributed by atoms with Gasteiger partial charge in [0, 0.05) is 26.7 Å². The molecule has 4 heterocycles. The van der Waals surface area contributed by atoms with Crippen molar-refractivity contribution in [3.63, 3.8) is 0 Å². The van der Waals surface area contributed by atoms with Gasteiger partial charge in [0.25, 0.3) is 0 Å². The van der Waals surface area contributed by atoms with Crippen LogP contribution in [0, 0.1) is 12.7 Å². The van der Waals surface area contributed by atoms with Crippen LogP contribution in [0.15, 0.2) is 10.9 Å². The number of aryl methyl sites for hydroxylation is 2. The van der Waals surface area contributed by atoms with Crippen molar-refractivity contribution in [2.75, 3.05) is 31.6 Å². The molecule has 0 bridgehead atoms. The van der Waals surface area contributed by atoms with E-state index in [9.17, 15) is 14.3 Å². The number of aliphatic hydroxyl groups is 1. The summed E-state index contributed by atoms with van der Waals surface area (Å²) in [5.74, 6) is -0.108. The fourth-order valence-corrected chi connectivity index (χ4v) is 3.70. The van der Waals surface area contributed by atoms with Crippen molar-refractivity contribution in [1.29, 1.82) is 0 Å². The Kier molecular flexibility index (Phi) is 3.62. The lowest BCUT2D eigenvalue weighted by Crippen LogP contribution is -2.57. The molecule has 2 unspecified atom stereocenters. The maximum atomic E-state index is 14.8. The molecule has 0 spiro atoms. The molecule has 7 nitrogen and oxygen atoms in total. The van der Waals surface area contributed by atoms with Crippen molar-refractivity contribution in [3.05, 3.63) is 33.8 Å². The third kappa shape index (κ3) is 2.36. The van der Waals surface area contributed by atoms with Gasteiger partial charge in [0.2, 0.25) is 0 Å². The van der Waals surface area contributed by atoms with Crippen LogP contribution in [0.4, 0.5) is 10.2 Å². The number of aromatic nitrogens is 3. The minimum absolute atomic E-state index is 0.205. The third-order valence-electron chi connectivity index (χ3n) is 5.09. The Balaban J connectivity index is 2.11. The van der Waals surface area contributed by atoms with E-state index in [1.807, 2.05) is 11.9 Å². The predicted octanol–water partition coefficient (Wildman–Crippen LogP) is 0.284. The van der Waals surface area contributed by atoms with Gasteiger partial charge >= 0.3 is 5.69 Å². The number of anilines is 1. The first-order valence-corrected chi connectivity index (χ1v) is 8.26. The second-order valence-corrected chi connectivity index (χ2v) is 6.77. The Morgan fingerprint density at radius 3 is 2.80 bits per heavy atom. The van der Waals surface area contributed by atoms with E-state index >= 15 is 0 Å². The number of pyridine rings is 1. The Morgan fingerprint density at radius 1 is 1.28 bits per heavy atom. The lowest BCUT2D eigenvalue weighted by atomic mass is 10.0. The van der Waals surface area contributed by atoms with E-state index in [1.54, 1.807) is 19.1 Å². The summed E-state index contributed by atoms with van der Waals surface area (Å²) in [6.45, 7) is 3.55. The molecule has 2 aromatic rings. The first-order valence-electron chi connectivity index (χ1n) is 8.26. The second-order valence-electron chi connectivity index (χ2n) is 6.77. The van der Waals surface area contributed by atoms with Gasteiger partial charge in [0.1, 0.15) is 5.82 Å². The van der Waals surface area contributed by atoms with Gasteiger partial charge in [-0.2, -0.15) is 4.98 Å². The second kappa shape index (κ2) is 5.60. The molecular weight excluding hydrogens is 325 g/mol. The van der Waals surface area contributed by atoms with E-state index in [0.29, 0.717) is 30.0 Å². The highest BCUT2D eigenvalue weighted by Crippen LogP contribution is 2.33. The van der Waals surface area contributed by atoms with Gasteiger partial charge in [-0.05, 0) is 20.0 Å². The molecular formula is C17H20FN5O2. The van der Waals surface area contributed by atoms with E-state index in [1.165, 1.54) is 11.6 Å². The summed E-state index contributed by atoms with van der Waals surface area (Å²) in [7, 11) is 3.50. The number of aliphatic hydroxyl groups excluding tert-OH is 1. The molecule has 1 fully saturated rings. The Hall–Kier alpha value is -2.32. The Morgan fingerprint density at radius 2 is 2.04 bits per heavy atom. The number of fused-ring (bicyclic) bond motifs is 2. The lowest BCUT2D eigenvalue weighted by molar-refractivity contribution is 0.141. The molecule has 4 rings (SSSR count). The molecule has 0 aliphatic carbocycles. The maximum absolute atomic E-state index is 14.8. The van der Waals surface area contributed by atoms with E-state index in [4.69, 9.17) is 0 Å². The van der Waals surface area contributed by atoms with Crippen molar-refractivity contribution in [1.82, 2.24) is 19.4 Å². The summed E-state index contributed by atoms with van der Waals surface area (Å²) in [6, 6.07) is -0.254. The summed E-state index contributed by atoms with van der Waals surface area (Å²) in [6.07, 6.45) is 2.65. The molecule has 25 heavy (non-hydrogen) atoms. The first kappa shape index (κ1) is 16.2. The molecule has 2 aliphatic rings. The number of hydrogen-bond acceptors (Lipinski definition) is 6. The zero-order chi connectivity index (χ0) is 17.9. The molecule has 2 aliphatic heterocycles. The lowest BCUT2D eigenvalue weighted by Gasteiger charge is -2.43. The SMILES string of the molecule is Cc1nc2c3c(nc(=O)n(C)c3c1F)N1CCN(C)CC1C(O)C=C2. The summed E-state index contributed by atoms with van der Waals surface area (Å²) in [5, 5.41) is 11.1. The van der Waals surface area contributed by atoms with Crippen molar-refractivity contribution in [3.8, 4) is 0 Å². The maximum Gasteiger partial charge on any atom is 0.349 e. The van der Waals surface area contributed by atoms with Crippen LogP contribution in [-0.2, 0) is 7.05 Å².